The zero-order valence-electron chi connectivity index (χ0n) is 17.6. The summed E-state index contributed by atoms with van der Waals surface area (Å²) in [5, 5.41) is 18.7. The largest absolute Gasteiger partial charge is 0.619 e. The number of pyridine rings is 1. The van der Waals surface area contributed by atoms with Crippen molar-refractivity contribution in [3.63, 3.8) is 0 Å². The molecule has 1 aromatic heterocycles. The van der Waals surface area contributed by atoms with Gasteiger partial charge in [0.2, 0.25) is 15.9 Å². The number of amidine groups is 1. The summed E-state index contributed by atoms with van der Waals surface area (Å²) in [6.45, 7) is 0.732. The third-order valence-corrected chi connectivity index (χ3v) is 6.99. The van der Waals surface area contributed by atoms with Gasteiger partial charge >= 0.3 is 0 Å². The minimum atomic E-state index is -3.89. The van der Waals surface area contributed by atoms with Crippen LogP contribution >= 0.6 is 0 Å². The molecule has 0 radical (unpaired) electrons. The van der Waals surface area contributed by atoms with E-state index in [0.29, 0.717) is 29.8 Å². The highest BCUT2D eigenvalue weighted by molar-refractivity contribution is 7.89. The third kappa shape index (κ3) is 5.02. The molecule has 0 aliphatic carbocycles. The van der Waals surface area contributed by atoms with Crippen LogP contribution in [0.3, 0.4) is 0 Å². The van der Waals surface area contributed by atoms with Crippen LogP contribution in [0, 0.1) is 10.6 Å². The molecular formula is C23H23N5O4S. The fourth-order valence-electron chi connectivity index (χ4n) is 3.75. The lowest BCUT2D eigenvalue weighted by atomic mass is 10.1. The minimum absolute atomic E-state index is 0.0532. The standard InChI is InChI=1S/C23H23N5O4S/c24-22(25)19-3-1-2-16(14-19)15-27-11-10-21(23(27)29)26-33(31,32)20-6-4-17(5-7-20)18-8-12-28(30)13-9-18/h1-9,12-14,21,26H,10-11,15H2,(H3,24,25)/t21-/m0/s1. The predicted octanol–water partition coefficient (Wildman–Crippen LogP) is 1.35. The topological polar surface area (TPSA) is 143 Å². The number of sulfonamides is 1. The summed E-state index contributed by atoms with van der Waals surface area (Å²) >= 11 is 0. The van der Waals surface area contributed by atoms with E-state index < -0.39 is 16.1 Å². The van der Waals surface area contributed by atoms with Crippen LogP contribution in [0.5, 0.6) is 0 Å². The Bertz CT molecular complexity index is 1290. The summed E-state index contributed by atoms with van der Waals surface area (Å²) in [6, 6.07) is 15.8. The number of nitrogens with zero attached hydrogens (tertiary/aromatic N) is 2. The molecule has 3 aromatic rings. The number of nitrogen functional groups attached to an aromatic ring is 1. The van der Waals surface area contributed by atoms with Crippen LogP contribution in [0.1, 0.15) is 17.5 Å². The molecule has 1 aliphatic rings. The smallest absolute Gasteiger partial charge is 0.241 e. The van der Waals surface area contributed by atoms with Crippen molar-refractivity contribution in [3.8, 4) is 11.1 Å². The summed E-state index contributed by atoms with van der Waals surface area (Å²) in [6.07, 6.45) is 3.10. The number of aromatic nitrogens is 1. The average Bonchev–Trinajstić information content (AvgIpc) is 3.13. The zero-order valence-corrected chi connectivity index (χ0v) is 18.5. The van der Waals surface area contributed by atoms with E-state index in [1.807, 2.05) is 6.07 Å². The summed E-state index contributed by atoms with van der Waals surface area (Å²) in [5.41, 5.74) is 8.47. The van der Waals surface area contributed by atoms with Crippen molar-refractivity contribution in [2.24, 2.45) is 5.73 Å². The Balaban J connectivity index is 1.43. The molecule has 2 aromatic carbocycles. The van der Waals surface area contributed by atoms with Crippen LogP contribution in [0.15, 0.2) is 78.0 Å². The van der Waals surface area contributed by atoms with E-state index in [1.54, 1.807) is 47.4 Å². The summed E-state index contributed by atoms with van der Waals surface area (Å²) in [7, 11) is -3.89. The van der Waals surface area contributed by atoms with Crippen molar-refractivity contribution in [3.05, 3.63) is 89.4 Å². The molecular weight excluding hydrogens is 442 g/mol. The van der Waals surface area contributed by atoms with Gasteiger partial charge in [0.05, 0.1) is 4.90 Å². The van der Waals surface area contributed by atoms with Gasteiger partial charge in [-0.1, -0.05) is 30.3 Å². The third-order valence-electron chi connectivity index (χ3n) is 5.51. The Labute approximate surface area is 191 Å². The van der Waals surface area contributed by atoms with Crippen LogP contribution in [0.25, 0.3) is 11.1 Å². The molecule has 1 atom stereocenters. The molecule has 4 rings (SSSR count). The molecule has 0 saturated carbocycles. The number of carbonyl (C=O) groups excluding carboxylic acids is 1. The maximum Gasteiger partial charge on any atom is 0.241 e. The van der Waals surface area contributed by atoms with Crippen LogP contribution in [-0.2, 0) is 21.4 Å². The summed E-state index contributed by atoms with van der Waals surface area (Å²) in [4.78, 5) is 14.5. The van der Waals surface area contributed by atoms with Gasteiger partial charge in [0.25, 0.3) is 0 Å². The van der Waals surface area contributed by atoms with Crippen molar-refractivity contribution in [1.82, 2.24) is 9.62 Å². The van der Waals surface area contributed by atoms with Crippen molar-refractivity contribution in [2.75, 3.05) is 6.54 Å². The molecule has 9 nitrogen and oxygen atoms in total. The van der Waals surface area contributed by atoms with Gasteiger partial charge in [0.15, 0.2) is 12.4 Å². The number of carbonyl (C=O) groups is 1. The molecule has 1 aliphatic heterocycles. The number of amides is 1. The lowest BCUT2D eigenvalue weighted by Gasteiger charge is -2.18. The minimum Gasteiger partial charge on any atom is -0.619 e. The number of rotatable bonds is 7. The molecule has 0 bridgehead atoms. The van der Waals surface area contributed by atoms with Crippen LogP contribution in [0.2, 0.25) is 0 Å². The molecule has 2 heterocycles. The van der Waals surface area contributed by atoms with Crippen molar-refractivity contribution < 1.29 is 17.9 Å². The number of nitrogens with two attached hydrogens (primary N) is 1. The van der Waals surface area contributed by atoms with Crippen LogP contribution in [-0.4, -0.2) is 37.6 Å². The number of nitrogens with one attached hydrogen (secondary N) is 2. The molecule has 1 saturated heterocycles. The Kier molecular flexibility index (Phi) is 6.12. The Morgan fingerprint density at radius 2 is 1.79 bits per heavy atom. The lowest BCUT2D eigenvalue weighted by molar-refractivity contribution is -0.605. The van der Waals surface area contributed by atoms with Gasteiger partial charge in [-0.2, -0.15) is 9.45 Å². The number of hydrogen-bond acceptors (Lipinski definition) is 5. The van der Waals surface area contributed by atoms with Gasteiger partial charge in [-0.3, -0.25) is 10.2 Å². The summed E-state index contributed by atoms with van der Waals surface area (Å²) < 4.78 is 28.9. The second-order valence-electron chi connectivity index (χ2n) is 7.81. The monoisotopic (exact) mass is 465 g/mol. The second-order valence-corrected chi connectivity index (χ2v) is 9.52. The number of benzene rings is 2. The SMILES string of the molecule is N=C(N)c1cccc(CN2CC[C@H](NS(=O)(=O)c3ccc(-c4cc[n+]([O-])cc4)cc3)C2=O)c1. The number of likely N-dealkylation sites (tertiary alicyclic amines) is 1. The normalized spacial score (nSPS) is 16.2. The maximum absolute atomic E-state index is 12.8. The van der Waals surface area contributed by atoms with Crippen molar-refractivity contribution >= 4 is 21.8 Å². The Morgan fingerprint density at radius 3 is 2.45 bits per heavy atom. The lowest BCUT2D eigenvalue weighted by Crippen LogP contribution is -2.41. The molecule has 0 unspecified atom stereocenters. The predicted molar refractivity (Wildman–Crippen MR) is 122 cm³/mol. The van der Waals surface area contributed by atoms with Gasteiger partial charge in [0.1, 0.15) is 11.9 Å². The average molecular weight is 466 g/mol. The Morgan fingerprint density at radius 1 is 1.12 bits per heavy atom. The highest BCUT2D eigenvalue weighted by Gasteiger charge is 2.34. The number of hydrogen-bond donors (Lipinski definition) is 3. The molecule has 0 spiro atoms. The van der Waals surface area contributed by atoms with Gasteiger partial charge in [0, 0.05) is 30.8 Å². The van der Waals surface area contributed by atoms with Gasteiger partial charge < -0.3 is 15.8 Å². The molecule has 33 heavy (non-hydrogen) atoms. The van der Waals surface area contributed by atoms with Gasteiger partial charge in [-0.15, -0.1) is 0 Å². The quantitative estimate of drug-likeness (QED) is 0.209. The zero-order chi connectivity index (χ0) is 23.6. The van der Waals surface area contributed by atoms with E-state index in [0.717, 1.165) is 16.7 Å². The van der Waals surface area contributed by atoms with Crippen LogP contribution < -0.4 is 15.2 Å². The fraction of sp³-hybridized carbons (Fsp3) is 0.174. The van der Waals surface area contributed by atoms with Gasteiger partial charge in [-0.05, 0) is 41.3 Å². The molecule has 1 amide bonds. The van der Waals surface area contributed by atoms with E-state index in [-0.39, 0.29) is 16.6 Å². The molecule has 170 valence electrons. The fourth-order valence-corrected chi connectivity index (χ4v) is 4.97. The highest BCUT2D eigenvalue weighted by Crippen LogP contribution is 2.22. The van der Waals surface area contributed by atoms with E-state index in [4.69, 9.17) is 11.1 Å². The molecule has 1 fully saturated rings. The van der Waals surface area contributed by atoms with Crippen LogP contribution in [0.4, 0.5) is 0 Å². The van der Waals surface area contributed by atoms with E-state index in [1.165, 1.54) is 24.5 Å². The first-order chi connectivity index (χ1) is 15.7. The Hall–Kier alpha value is -3.76. The van der Waals surface area contributed by atoms with Gasteiger partial charge in [-0.25, -0.2) is 8.42 Å². The summed E-state index contributed by atoms with van der Waals surface area (Å²) in [5.74, 6) is -0.346. The first-order valence-corrected chi connectivity index (χ1v) is 11.7. The van der Waals surface area contributed by atoms with Crippen molar-refractivity contribution in [1.29, 1.82) is 5.41 Å². The van der Waals surface area contributed by atoms with E-state index in [2.05, 4.69) is 4.72 Å². The molecule has 4 N–H and O–H groups in total. The van der Waals surface area contributed by atoms with E-state index in [9.17, 15) is 18.4 Å². The highest BCUT2D eigenvalue weighted by atomic mass is 32.2. The van der Waals surface area contributed by atoms with Crippen molar-refractivity contribution in [2.45, 2.75) is 23.9 Å². The molecule has 10 heteroatoms. The second kappa shape index (κ2) is 9.00. The first-order valence-electron chi connectivity index (χ1n) is 10.3. The maximum atomic E-state index is 12.8. The first kappa shape index (κ1) is 22.4. The van der Waals surface area contributed by atoms with E-state index >= 15 is 0 Å².